The zero-order valence-corrected chi connectivity index (χ0v) is 13.5. The molecule has 1 fully saturated rings. The van der Waals surface area contributed by atoms with E-state index in [0.717, 1.165) is 29.7 Å². The van der Waals surface area contributed by atoms with Crippen molar-refractivity contribution in [3.05, 3.63) is 54.1 Å². The summed E-state index contributed by atoms with van der Waals surface area (Å²) in [5.41, 5.74) is 2.60. The SMILES string of the molecule is Oc1ccccc1/C=N/c1oc2ccccc2c1N1CCCCC1. The van der Waals surface area contributed by atoms with Crippen molar-refractivity contribution in [3.63, 3.8) is 0 Å². The summed E-state index contributed by atoms with van der Waals surface area (Å²) in [6.45, 7) is 2.06. The van der Waals surface area contributed by atoms with E-state index >= 15 is 0 Å². The summed E-state index contributed by atoms with van der Waals surface area (Å²) >= 11 is 0. The standard InChI is InChI=1S/C20H20N2O2/c23-17-10-4-2-8-15(17)14-21-20-19(22-12-6-1-7-13-22)16-9-3-5-11-18(16)24-20/h2-5,8-11,14,23H,1,6-7,12-13H2/b21-14+. The molecule has 122 valence electrons. The van der Waals surface area contributed by atoms with Crippen LogP contribution in [-0.2, 0) is 0 Å². The molecule has 1 N–H and O–H groups in total. The van der Waals surface area contributed by atoms with Gasteiger partial charge in [-0.3, -0.25) is 0 Å². The second-order valence-corrected chi connectivity index (χ2v) is 6.12. The van der Waals surface area contributed by atoms with Gasteiger partial charge in [-0.15, -0.1) is 0 Å². The maximum absolute atomic E-state index is 9.91. The van der Waals surface area contributed by atoms with Crippen molar-refractivity contribution in [3.8, 4) is 5.75 Å². The molecule has 2 aromatic carbocycles. The molecule has 0 aliphatic carbocycles. The number of furan rings is 1. The zero-order valence-electron chi connectivity index (χ0n) is 13.5. The summed E-state index contributed by atoms with van der Waals surface area (Å²) in [6, 6.07) is 15.2. The molecule has 3 aromatic rings. The molecule has 0 amide bonds. The number of aromatic hydroxyl groups is 1. The molecule has 1 saturated heterocycles. The third kappa shape index (κ3) is 2.75. The van der Waals surface area contributed by atoms with Crippen LogP contribution in [0.2, 0.25) is 0 Å². The van der Waals surface area contributed by atoms with Crippen molar-refractivity contribution < 1.29 is 9.52 Å². The lowest BCUT2D eigenvalue weighted by molar-refractivity contribution is 0.474. The maximum atomic E-state index is 9.91. The summed E-state index contributed by atoms with van der Waals surface area (Å²) in [7, 11) is 0. The molecule has 4 rings (SSSR count). The molecule has 1 aliphatic rings. The second-order valence-electron chi connectivity index (χ2n) is 6.12. The van der Waals surface area contributed by atoms with Crippen LogP contribution < -0.4 is 4.90 Å². The van der Waals surface area contributed by atoms with Gasteiger partial charge >= 0.3 is 0 Å². The van der Waals surface area contributed by atoms with Crippen LogP contribution in [0.25, 0.3) is 11.0 Å². The van der Waals surface area contributed by atoms with Gasteiger partial charge in [-0.1, -0.05) is 24.3 Å². The molecular weight excluding hydrogens is 300 g/mol. The molecule has 4 heteroatoms. The van der Waals surface area contributed by atoms with Crippen LogP contribution in [0.4, 0.5) is 11.6 Å². The minimum Gasteiger partial charge on any atom is -0.507 e. The number of piperidine rings is 1. The molecular formula is C20H20N2O2. The zero-order chi connectivity index (χ0) is 16.4. The lowest BCUT2D eigenvalue weighted by atomic mass is 10.1. The normalized spacial score (nSPS) is 15.4. The fraction of sp³-hybridized carbons (Fsp3) is 0.250. The fourth-order valence-electron chi connectivity index (χ4n) is 3.25. The van der Waals surface area contributed by atoms with E-state index < -0.39 is 0 Å². The van der Waals surface area contributed by atoms with Crippen LogP contribution in [0.1, 0.15) is 24.8 Å². The Morgan fingerprint density at radius 3 is 2.54 bits per heavy atom. The van der Waals surface area contributed by atoms with Gasteiger partial charge in [0.2, 0.25) is 5.88 Å². The Balaban J connectivity index is 1.78. The third-order valence-electron chi connectivity index (χ3n) is 4.48. The molecule has 0 bridgehead atoms. The Morgan fingerprint density at radius 1 is 0.958 bits per heavy atom. The number of para-hydroxylation sites is 2. The van der Waals surface area contributed by atoms with Gasteiger partial charge in [0.05, 0.1) is 0 Å². The number of nitrogens with zero attached hydrogens (tertiary/aromatic N) is 2. The van der Waals surface area contributed by atoms with E-state index in [-0.39, 0.29) is 5.75 Å². The highest BCUT2D eigenvalue weighted by molar-refractivity contribution is 5.98. The van der Waals surface area contributed by atoms with E-state index in [1.165, 1.54) is 19.3 Å². The molecule has 0 spiro atoms. The minimum absolute atomic E-state index is 0.219. The molecule has 2 heterocycles. The first-order chi connectivity index (χ1) is 11.8. The van der Waals surface area contributed by atoms with Gasteiger partial charge in [-0.25, -0.2) is 4.99 Å². The number of anilines is 1. The van der Waals surface area contributed by atoms with Crippen molar-refractivity contribution in [2.45, 2.75) is 19.3 Å². The van der Waals surface area contributed by atoms with Crippen LogP contribution in [0, 0.1) is 0 Å². The van der Waals surface area contributed by atoms with Gasteiger partial charge in [0, 0.05) is 30.3 Å². The largest absolute Gasteiger partial charge is 0.507 e. The smallest absolute Gasteiger partial charge is 0.243 e. The topological polar surface area (TPSA) is 49.0 Å². The third-order valence-corrected chi connectivity index (χ3v) is 4.48. The first kappa shape index (κ1) is 14.8. The maximum Gasteiger partial charge on any atom is 0.243 e. The molecule has 0 saturated carbocycles. The Hall–Kier alpha value is -2.75. The predicted octanol–water partition coefficient (Wildman–Crippen LogP) is 4.88. The predicted molar refractivity (Wildman–Crippen MR) is 97.6 cm³/mol. The van der Waals surface area contributed by atoms with Crippen LogP contribution in [0.5, 0.6) is 5.75 Å². The highest BCUT2D eigenvalue weighted by atomic mass is 16.3. The number of fused-ring (bicyclic) bond motifs is 1. The molecule has 24 heavy (non-hydrogen) atoms. The average Bonchev–Trinajstić information content (AvgIpc) is 3.00. The van der Waals surface area contributed by atoms with Crippen LogP contribution in [-0.4, -0.2) is 24.4 Å². The molecule has 4 nitrogen and oxygen atoms in total. The van der Waals surface area contributed by atoms with E-state index in [2.05, 4.69) is 16.0 Å². The molecule has 1 aliphatic heterocycles. The first-order valence-corrected chi connectivity index (χ1v) is 8.41. The van der Waals surface area contributed by atoms with E-state index in [9.17, 15) is 5.11 Å². The van der Waals surface area contributed by atoms with Gasteiger partial charge in [0.25, 0.3) is 0 Å². The van der Waals surface area contributed by atoms with E-state index in [1.807, 2.05) is 30.3 Å². The van der Waals surface area contributed by atoms with Crippen molar-refractivity contribution in [1.29, 1.82) is 0 Å². The molecule has 0 radical (unpaired) electrons. The van der Waals surface area contributed by atoms with Gasteiger partial charge in [0.15, 0.2) is 0 Å². The second kappa shape index (κ2) is 6.40. The van der Waals surface area contributed by atoms with Crippen molar-refractivity contribution in [2.24, 2.45) is 4.99 Å². The summed E-state index contributed by atoms with van der Waals surface area (Å²) in [5.74, 6) is 0.832. The monoisotopic (exact) mass is 320 g/mol. The summed E-state index contributed by atoms with van der Waals surface area (Å²) in [5, 5.41) is 11.0. The lowest BCUT2D eigenvalue weighted by Crippen LogP contribution is -2.29. The van der Waals surface area contributed by atoms with E-state index in [0.29, 0.717) is 11.4 Å². The lowest BCUT2D eigenvalue weighted by Gasteiger charge is -2.28. The summed E-state index contributed by atoms with van der Waals surface area (Å²) in [4.78, 5) is 6.92. The number of hydrogen-bond acceptors (Lipinski definition) is 4. The van der Waals surface area contributed by atoms with Crippen LogP contribution in [0.15, 0.2) is 57.9 Å². The highest BCUT2D eigenvalue weighted by Crippen LogP contribution is 2.40. The van der Waals surface area contributed by atoms with Crippen molar-refractivity contribution >= 4 is 28.8 Å². The van der Waals surface area contributed by atoms with Gasteiger partial charge in [-0.05, 0) is 43.5 Å². The Labute approximate surface area is 141 Å². The van der Waals surface area contributed by atoms with Gasteiger partial charge in [0.1, 0.15) is 17.0 Å². The molecule has 0 atom stereocenters. The Kier molecular flexibility index (Phi) is 3.95. The Bertz CT molecular complexity index is 876. The first-order valence-electron chi connectivity index (χ1n) is 8.41. The van der Waals surface area contributed by atoms with Gasteiger partial charge < -0.3 is 14.4 Å². The summed E-state index contributed by atoms with van der Waals surface area (Å²) < 4.78 is 5.99. The molecule has 0 unspecified atom stereocenters. The van der Waals surface area contributed by atoms with Crippen LogP contribution >= 0.6 is 0 Å². The average molecular weight is 320 g/mol. The van der Waals surface area contributed by atoms with E-state index in [1.54, 1.807) is 18.3 Å². The van der Waals surface area contributed by atoms with E-state index in [4.69, 9.17) is 4.42 Å². The number of phenols is 1. The van der Waals surface area contributed by atoms with Crippen molar-refractivity contribution in [1.82, 2.24) is 0 Å². The fourth-order valence-corrected chi connectivity index (χ4v) is 3.25. The minimum atomic E-state index is 0.219. The molecule has 1 aromatic heterocycles. The number of hydrogen-bond donors (Lipinski definition) is 1. The van der Waals surface area contributed by atoms with Gasteiger partial charge in [-0.2, -0.15) is 0 Å². The highest BCUT2D eigenvalue weighted by Gasteiger charge is 2.21. The number of rotatable bonds is 3. The number of aliphatic imine (C=N–C) groups is 1. The Morgan fingerprint density at radius 2 is 1.71 bits per heavy atom. The van der Waals surface area contributed by atoms with Crippen LogP contribution in [0.3, 0.4) is 0 Å². The number of benzene rings is 2. The van der Waals surface area contributed by atoms with Crippen molar-refractivity contribution in [2.75, 3.05) is 18.0 Å². The quantitative estimate of drug-likeness (QED) is 0.700. The summed E-state index contributed by atoms with van der Waals surface area (Å²) in [6.07, 6.45) is 5.34. The number of phenolic OH excluding ortho intramolecular Hbond substituents is 1.